The largest absolute Gasteiger partial charge is 0.372 e. The summed E-state index contributed by atoms with van der Waals surface area (Å²) in [5.74, 6) is -4.52. The van der Waals surface area contributed by atoms with Crippen molar-refractivity contribution in [2.75, 3.05) is 6.61 Å². The third-order valence-electron chi connectivity index (χ3n) is 2.71. The summed E-state index contributed by atoms with van der Waals surface area (Å²) < 4.78 is 81.6. The maximum Gasteiger partial charge on any atom is 0.331 e. The van der Waals surface area contributed by atoms with Gasteiger partial charge in [-0.25, -0.2) is 8.78 Å². The average molecular weight is 314 g/mol. The highest BCUT2D eigenvalue weighted by Gasteiger charge is 2.42. The molecule has 0 bridgehead atoms. The van der Waals surface area contributed by atoms with Gasteiger partial charge in [-0.05, 0) is 23.3 Å². The fourth-order valence-corrected chi connectivity index (χ4v) is 2.56. The molecule has 1 heterocycles. The van der Waals surface area contributed by atoms with Crippen molar-refractivity contribution >= 4 is 10.1 Å². The van der Waals surface area contributed by atoms with Gasteiger partial charge in [-0.15, -0.1) is 0 Å². The summed E-state index contributed by atoms with van der Waals surface area (Å²) in [6, 6.07) is 3.84. The van der Waals surface area contributed by atoms with Crippen LogP contribution in [0.4, 0.5) is 17.6 Å². The van der Waals surface area contributed by atoms with Crippen LogP contribution >= 0.6 is 0 Å². The van der Waals surface area contributed by atoms with Gasteiger partial charge in [0.05, 0.1) is 18.1 Å². The van der Waals surface area contributed by atoms with Crippen molar-refractivity contribution < 1.29 is 34.9 Å². The van der Waals surface area contributed by atoms with Crippen molar-refractivity contribution in [2.45, 2.75) is 30.5 Å². The maximum atomic E-state index is 12.7. The van der Waals surface area contributed by atoms with Gasteiger partial charge in [0.25, 0.3) is 10.1 Å². The van der Waals surface area contributed by atoms with E-state index in [9.17, 15) is 26.0 Å². The van der Waals surface area contributed by atoms with Gasteiger partial charge in [0.2, 0.25) is 0 Å². The Balaban J connectivity index is 2.15. The van der Waals surface area contributed by atoms with Crippen LogP contribution in [0, 0.1) is 0 Å². The molecular formula is C11H10F4O4S. The lowest BCUT2D eigenvalue weighted by atomic mass is 10.1. The number of hydrogen-bond donors (Lipinski definition) is 0. The van der Waals surface area contributed by atoms with Gasteiger partial charge in [-0.1, -0.05) is 6.07 Å². The van der Waals surface area contributed by atoms with Crippen molar-refractivity contribution in [3.8, 4) is 0 Å². The van der Waals surface area contributed by atoms with Crippen molar-refractivity contribution in [1.29, 1.82) is 0 Å². The van der Waals surface area contributed by atoms with Crippen LogP contribution in [0.25, 0.3) is 0 Å². The van der Waals surface area contributed by atoms with E-state index in [0.717, 1.165) is 11.6 Å². The number of halogens is 4. The van der Waals surface area contributed by atoms with E-state index in [1.54, 1.807) is 0 Å². The molecule has 1 aliphatic heterocycles. The van der Waals surface area contributed by atoms with Gasteiger partial charge in [0.15, 0.2) is 0 Å². The number of ether oxygens (including phenoxy) is 1. The molecule has 0 radical (unpaired) electrons. The van der Waals surface area contributed by atoms with E-state index in [0.29, 0.717) is 12.2 Å². The first-order valence-electron chi connectivity index (χ1n) is 5.47. The number of fused-ring (bicyclic) bond motifs is 1. The second kappa shape index (κ2) is 5.30. The van der Waals surface area contributed by atoms with Crippen LogP contribution in [0.1, 0.15) is 11.1 Å². The van der Waals surface area contributed by atoms with Crippen molar-refractivity contribution in [2.24, 2.45) is 0 Å². The topological polar surface area (TPSA) is 52.6 Å². The van der Waals surface area contributed by atoms with Crippen LogP contribution < -0.4 is 0 Å². The van der Waals surface area contributed by atoms with Gasteiger partial charge in [0, 0.05) is 0 Å². The minimum Gasteiger partial charge on any atom is -0.372 e. The molecule has 0 N–H and O–H groups in total. The Hall–Kier alpha value is -1.19. The quantitative estimate of drug-likeness (QED) is 0.618. The molecule has 0 saturated heterocycles. The first kappa shape index (κ1) is 15.2. The van der Waals surface area contributed by atoms with E-state index >= 15 is 0 Å². The monoisotopic (exact) mass is 314 g/mol. The molecular weight excluding hydrogens is 304 g/mol. The van der Waals surface area contributed by atoms with E-state index < -0.39 is 29.1 Å². The molecule has 0 unspecified atom stereocenters. The van der Waals surface area contributed by atoms with Crippen LogP contribution in [0.5, 0.6) is 0 Å². The molecule has 0 spiro atoms. The molecule has 0 saturated carbocycles. The normalized spacial score (nSPS) is 15.7. The Labute approximate surface area is 112 Å². The zero-order valence-corrected chi connectivity index (χ0v) is 10.8. The Kier molecular flexibility index (Phi) is 4.03. The van der Waals surface area contributed by atoms with Crippen LogP contribution in [-0.4, -0.2) is 27.4 Å². The molecule has 112 valence electrons. The molecule has 2 rings (SSSR count). The van der Waals surface area contributed by atoms with Gasteiger partial charge in [-0.3, -0.25) is 4.18 Å². The summed E-state index contributed by atoms with van der Waals surface area (Å²) in [5.41, 5.74) is 1.37. The summed E-state index contributed by atoms with van der Waals surface area (Å²) >= 11 is 0. The third-order valence-corrected chi connectivity index (χ3v) is 3.97. The molecule has 20 heavy (non-hydrogen) atoms. The zero-order chi connectivity index (χ0) is 15.0. The van der Waals surface area contributed by atoms with Crippen LogP contribution in [0.3, 0.4) is 0 Å². The first-order chi connectivity index (χ1) is 9.22. The fourth-order valence-electron chi connectivity index (χ4n) is 1.59. The van der Waals surface area contributed by atoms with Crippen molar-refractivity contribution in [1.82, 2.24) is 0 Å². The highest BCUT2D eigenvalue weighted by atomic mass is 32.2. The summed E-state index contributed by atoms with van der Waals surface area (Å²) in [6.07, 6.45) is -3.99. The van der Waals surface area contributed by atoms with Gasteiger partial charge in [-0.2, -0.15) is 17.2 Å². The van der Waals surface area contributed by atoms with E-state index in [1.165, 1.54) is 12.1 Å². The Morgan fingerprint density at radius 2 is 1.90 bits per heavy atom. The van der Waals surface area contributed by atoms with E-state index in [-0.39, 0.29) is 11.5 Å². The summed E-state index contributed by atoms with van der Waals surface area (Å²) in [5, 5.41) is 0. The summed E-state index contributed by atoms with van der Waals surface area (Å²) in [7, 11) is -4.52. The van der Waals surface area contributed by atoms with Crippen LogP contribution in [-0.2, 0) is 32.3 Å². The van der Waals surface area contributed by atoms with Crippen molar-refractivity contribution in [3.63, 3.8) is 0 Å². The first-order valence-corrected chi connectivity index (χ1v) is 6.88. The lowest BCUT2D eigenvalue weighted by molar-refractivity contribution is -0.147. The second-order valence-electron chi connectivity index (χ2n) is 4.20. The number of hydrogen-bond acceptors (Lipinski definition) is 4. The smallest absolute Gasteiger partial charge is 0.331 e. The lowest BCUT2D eigenvalue weighted by Crippen LogP contribution is -2.33. The van der Waals surface area contributed by atoms with Crippen LogP contribution in [0.15, 0.2) is 23.1 Å². The summed E-state index contributed by atoms with van der Waals surface area (Å²) in [6.45, 7) is -1.37. The summed E-state index contributed by atoms with van der Waals surface area (Å²) in [4.78, 5) is -0.369. The van der Waals surface area contributed by atoms with E-state index in [1.807, 2.05) is 0 Å². The lowest BCUT2D eigenvalue weighted by Gasteiger charge is -2.15. The molecule has 9 heteroatoms. The molecule has 0 aliphatic carbocycles. The molecule has 0 amide bonds. The molecule has 1 aromatic carbocycles. The third kappa shape index (κ3) is 3.10. The fraction of sp³-hybridized carbons (Fsp3) is 0.455. The predicted molar refractivity (Wildman–Crippen MR) is 59.0 cm³/mol. The highest BCUT2D eigenvalue weighted by Crippen LogP contribution is 2.27. The second-order valence-corrected chi connectivity index (χ2v) is 5.82. The molecule has 4 nitrogen and oxygen atoms in total. The number of alkyl halides is 4. The van der Waals surface area contributed by atoms with E-state index in [4.69, 9.17) is 4.74 Å². The Morgan fingerprint density at radius 1 is 1.25 bits per heavy atom. The van der Waals surface area contributed by atoms with E-state index in [2.05, 4.69) is 4.18 Å². The molecule has 1 aliphatic rings. The van der Waals surface area contributed by atoms with Gasteiger partial charge < -0.3 is 4.74 Å². The average Bonchev–Trinajstić information content (AvgIpc) is 2.83. The van der Waals surface area contributed by atoms with Crippen LogP contribution in [0.2, 0.25) is 0 Å². The standard InChI is InChI=1S/C11H10F4O4S/c12-10(13)11(14,15)6-19-20(16,17)9-2-1-7-4-18-5-8(7)3-9/h1-3,10H,4-6H2. The highest BCUT2D eigenvalue weighted by molar-refractivity contribution is 7.86. The number of rotatable bonds is 5. The van der Waals surface area contributed by atoms with Gasteiger partial charge in [0.1, 0.15) is 6.61 Å². The Bertz CT molecular complexity index is 600. The SMILES string of the molecule is O=S(=O)(OCC(F)(F)C(F)F)c1ccc2c(c1)COC2. The number of benzene rings is 1. The predicted octanol–water partition coefficient (Wildman–Crippen LogP) is 2.32. The minimum atomic E-state index is -4.52. The molecule has 0 aromatic heterocycles. The van der Waals surface area contributed by atoms with Gasteiger partial charge >= 0.3 is 12.3 Å². The van der Waals surface area contributed by atoms with Crippen molar-refractivity contribution in [3.05, 3.63) is 29.3 Å². The minimum absolute atomic E-state index is 0.200. The Morgan fingerprint density at radius 3 is 2.55 bits per heavy atom. The molecule has 0 fully saturated rings. The zero-order valence-electron chi connectivity index (χ0n) is 9.98. The maximum absolute atomic E-state index is 12.7. The molecule has 0 atom stereocenters. The molecule has 1 aromatic rings.